The summed E-state index contributed by atoms with van der Waals surface area (Å²) in [5.74, 6) is 0.884. The van der Waals surface area contributed by atoms with Crippen molar-refractivity contribution in [3.05, 3.63) is 0 Å². The molecule has 0 spiro atoms. The lowest BCUT2D eigenvalue weighted by Gasteiger charge is -2.26. The van der Waals surface area contributed by atoms with Gasteiger partial charge in [-0.25, -0.2) is 0 Å². The third-order valence-corrected chi connectivity index (χ3v) is 2.21. The predicted octanol–water partition coefficient (Wildman–Crippen LogP) is 1.35. The average Bonchev–Trinajstić information content (AvgIpc) is 2.13. The van der Waals surface area contributed by atoms with Gasteiger partial charge in [0.2, 0.25) is 5.91 Å². The second-order valence-electron chi connectivity index (χ2n) is 4.23. The van der Waals surface area contributed by atoms with Gasteiger partial charge in [-0.05, 0) is 19.9 Å². The predicted molar refractivity (Wildman–Crippen MR) is 60.2 cm³/mol. The first-order valence-electron chi connectivity index (χ1n) is 5.46. The average molecular weight is 200 g/mol. The van der Waals surface area contributed by atoms with Gasteiger partial charge in [-0.1, -0.05) is 20.8 Å². The van der Waals surface area contributed by atoms with Crippen LogP contribution in [-0.2, 0) is 4.79 Å². The van der Waals surface area contributed by atoms with Crippen LogP contribution >= 0.6 is 0 Å². The van der Waals surface area contributed by atoms with E-state index in [-0.39, 0.29) is 11.8 Å². The van der Waals surface area contributed by atoms with Crippen molar-refractivity contribution in [1.82, 2.24) is 10.2 Å². The molecule has 0 heterocycles. The van der Waals surface area contributed by atoms with Crippen LogP contribution in [0.5, 0.6) is 0 Å². The first-order valence-corrected chi connectivity index (χ1v) is 5.46. The highest BCUT2D eigenvalue weighted by Crippen LogP contribution is 2.05. The Kier molecular flexibility index (Phi) is 6.54. The summed E-state index contributed by atoms with van der Waals surface area (Å²) in [6.45, 7) is 10.7. The van der Waals surface area contributed by atoms with Gasteiger partial charge in [0.15, 0.2) is 0 Å². The first kappa shape index (κ1) is 13.4. The molecule has 0 aromatic heterocycles. The minimum absolute atomic E-state index is 0.0821. The molecule has 0 fully saturated rings. The van der Waals surface area contributed by atoms with Crippen molar-refractivity contribution < 1.29 is 4.79 Å². The fourth-order valence-electron chi connectivity index (χ4n) is 1.52. The second kappa shape index (κ2) is 6.82. The normalized spacial score (nSPS) is 13.0. The monoisotopic (exact) mass is 200 g/mol. The molecule has 14 heavy (non-hydrogen) atoms. The molecule has 0 rings (SSSR count). The molecule has 3 nitrogen and oxygen atoms in total. The molecule has 0 aromatic rings. The van der Waals surface area contributed by atoms with Crippen molar-refractivity contribution in [3.8, 4) is 0 Å². The van der Waals surface area contributed by atoms with E-state index in [1.165, 1.54) is 0 Å². The summed E-state index contributed by atoms with van der Waals surface area (Å²) < 4.78 is 0. The molecule has 0 bridgehead atoms. The molecule has 1 atom stereocenters. The number of rotatable bonds is 6. The largest absolute Gasteiger partial charge is 0.342 e. The molecular weight excluding hydrogens is 176 g/mol. The fourth-order valence-corrected chi connectivity index (χ4v) is 1.52. The molecule has 1 amide bonds. The van der Waals surface area contributed by atoms with Crippen LogP contribution in [0, 0.1) is 11.8 Å². The van der Waals surface area contributed by atoms with Gasteiger partial charge in [0.1, 0.15) is 0 Å². The molecule has 1 unspecified atom stereocenters. The quantitative estimate of drug-likeness (QED) is 0.702. The van der Waals surface area contributed by atoms with Crippen molar-refractivity contribution in [1.29, 1.82) is 0 Å². The van der Waals surface area contributed by atoms with Crippen molar-refractivity contribution in [2.45, 2.75) is 27.7 Å². The Morgan fingerprint density at radius 2 is 1.93 bits per heavy atom. The van der Waals surface area contributed by atoms with Gasteiger partial charge in [0.05, 0.1) is 0 Å². The summed E-state index contributed by atoms with van der Waals surface area (Å²) in [7, 11) is 1.88. The van der Waals surface area contributed by atoms with E-state index in [9.17, 15) is 4.79 Å². The van der Waals surface area contributed by atoms with Crippen molar-refractivity contribution in [3.63, 3.8) is 0 Å². The Morgan fingerprint density at radius 3 is 2.29 bits per heavy atom. The summed E-state index contributed by atoms with van der Waals surface area (Å²) in [4.78, 5) is 13.8. The molecule has 0 aliphatic rings. The lowest BCUT2D eigenvalue weighted by atomic mass is 10.1. The SMILES string of the molecule is CCN(CC(C)C)C(=O)C(C)CNC. The van der Waals surface area contributed by atoms with Crippen LogP contribution in [0.3, 0.4) is 0 Å². The molecule has 0 radical (unpaired) electrons. The van der Waals surface area contributed by atoms with Crippen LogP contribution in [0.15, 0.2) is 0 Å². The number of carbonyl (C=O) groups excluding carboxylic acids is 1. The van der Waals surface area contributed by atoms with Gasteiger partial charge in [0.25, 0.3) is 0 Å². The minimum atomic E-state index is 0.0821. The second-order valence-corrected chi connectivity index (χ2v) is 4.23. The van der Waals surface area contributed by atoms with Gasteiger partial charge < -0.3 is 10.2 Å². The number of hydrogen-bond acceptors (Lipinski definition) is 2. The van der Waals surface area contributed by atoms with Crippen LogP contribution in [0.4, 0.5) is 0 Å². The van der Waals surface area contributed by atoms with Crippen LogP contribution in [0.25, 0.3) is 0 Å². The molecule has 1 N–H and O–H groups in total. The molecule has 0 saturated carbocycles. The first-order chi connectivity index (χ1) is 6.52. The van der Waals surface area contributed by atoms with E-state index < -0.39 is 0 Å². The highest BCUT2D eigenvalue weighted by Gasteiger charge is 2.18. The summed E-state index contributed by atoms with van der Waals surface area (Å²) in [5.41, 5.74) is 0. The van der Waals surface area contributed by atoms with E-state index in [1.807, 2.05) is 25.8 Å². The number of amides is 1. The van der Waals surface area contributed by atoms with Crippen LogP contribution < -0.4 is 5.32 Å². The Balaban J connectivity index is 4.15. The van der Waals surface area contributed by atoms with Gasteiger partial charge in [-0.3, -0.25) is 4.79 Å². The lowest BCUT2D eigenvalue weighted by Crippen LogP contribution is -2.40. The lowest BCUT2D eigenvalue weighted by molar-refractivity contribution is -0.135. The fraction of sp³-hybridized carbons (Fsp3) is 0.909. The minimum Gasteiger partial charge on any atom is -0.342 e. The summed E-state index contributed by atoms with van der Waals surface area (Å²) in [6, 6.07) is 0. The third kappa shape index (κ3) is 4.61. The zero-order valence-electron chi connectivity index (χ0n) is 10.1. The zero-order valence-corrected chi connectivity index (χ0v) is 10.1. The molecule has 0 saturated heterocycles. The molecule has 3 heteroatoms. The van der Waals surface area contributed by atoms with E-state index in [0.29, 0.717) is 5.92 Å². The van der Waals surface area contributed by atoms with Gasteiger partial charge >= 0.3 is 0 Å². The Morgan fingerprint density at radius 1 is 1.36 bits per heavy atom. The standard InChI is InChI=1S/C11H24N2O/c1-6-13(8-9(2)3)11(14)10(4)7-12-5/h9-10,12H,6-8H2,1-5H3. The third-order valence-electron chi connectivity index (χ3n) is 2.21. The van der Waals surface area contributed by atoms with E-state index in [0.717, 1.165) is 19.6 Å². The number of carbonyl (C=O) groups is 1. The number of nitrogens with one attached hydrogen (secondary N) is 1. The number of hydrogen-bond donors (Lipinski definition) is 1. The Bertz CT molecular complexity index is 169. The Labute approximate surface area is 87.9 Å². The zero-order chi connectivity index (χ0) is 11.1. The van der Waals surface area contributed by atoms with Gasteiger partial charge in [-0.2, -0.15) is 0 Å². The highest BCUT2D eigenvalue weighted by molar-refractivity contribution is 5.78. The van der Waals surface area contributed by atoms with E-state index >= 15 is 0 Å². The summed E-state index contributed by atoms with van der Waals surface area (Å²) in [5, 5.41) is 3.03. The number of nitrogens with zero attached hydrogens (tertiary/aromatic N) is 1. The van der Waals surface area contributed by atoms with E-state index in [4.69, 9.17) is 0 Å². The van der Waals surface area contributed by atoms with Crippen molar-refractivity contribution in [2.24, 2.45) is 11.8 Å². The molecule has 0 aliphatic carbocycles. The van der Waals surface area contributed by atoms with Gasteiger partial charge in [0, 0.05) is 25.6 Å². The highest BCUT2D eigenvalue weighted by atomic mass is 16.2. The van der Waals surface area contributed by atoms with Crippen molar-refractivity contribution >= 4 is 5.91 Å². The maximum atomic E-state index is 11.9. The smallest absolute Gasteiger partial charge is 0.226 e. The maximum absolute atomic E-state index is 11.9. The molecule has 84 valence electrons. The van der Waals surface area contributed by atoms with Crippen LogP contribution in [0.1, 0.15) is 27.7 Å². The molecule has 0 aliphatic heterocycles. The van der Waals surface area contributed by atoms with Crippen molar-refractivity contribution in [2.75, 3.05) is 26.7 Å². The van der Waals surface area contributed by atoms with Gasteiger partial charge in [-0.15, -0.1) is 0 Å². The molecular formula is C11H24N2O. The van der Waals surface area contributed by atoms with E-state index in [2.05, 4.69) is 19.2 Å². The van der Waals surface area contributed by atoms with E-state index in [1.54, 1.807) is 0 Å². The maximum Gasteiger partial charge on any atom is 0.226 e. The Hall–Kier alpha value is -0.570. The summed E-state index contributed by atoms with van der Waals surface area (Å²) in [6.07, 6.45) is 0. The topological polar surface area (TPSA) is 32.3 Å². The molecule has 0 aromatic carbocycles. The summed E-state index contributed by atoms with van der Waals surface area (Å²) >= 11 is 0. The van der Waals surface area contributed by atoms with Crippen LogP contribution in [0.2, 0.25) is 0 Å². The van der Waals surface area contributed by atoms with Crippen LogP contribution in [-0.4, -0.2) is 37.5 Å².